The molecule has 2 aromatic rings. The van der Waals surface area contributed by atoms with Crippen LogP contribution in [0.5, 0.6) is 0 Å². The van der Waals surface area contributed by atoms with E-state index in [0.717, 1.165) is 74.8 Å². The van der Waals surface area contributed by atoms with Gasteiger partial charge in [-0.15, -0.1) is 0 Å². The molecule has 27 heavy (non-hydrogen) atoms. The molecule has 1 saturated carbocycles. The van der Waals surface area contributed by atoms with Crippen LogP contribution in [0, 0.1) is 0 Å². The zero-order chi connectivity index (χ0) is 18.3. The molecule has 0 bridgehead atoms. The highest BCUT2D eigenvalue weighted by Gasteiger charge is 2.42. The number of fused-ring (bicyclic) bond motifs is 4. The summed E-state index contributed by atoms with van der Waals surface area (Å²) in [6.07, 6.45) is 6.89. The lowest BCUT2D eigenvalue weighted by Crippen LogP contribution is -3.12. The number of quaternary nitrogens is 1. The second-order valence-corrected chi connectivity index (χ2v) is 8.45. The van der Waals surface area contributed by atoms with Crippen LogP contribution in [-0.2, 0) is 23.1 Å². The van der Waals surface area contributed by atoms with E-state index < -0.39 is 0 Å². The Hall–Kier alpha value is -1.98. The summed E-state index contributed by atoms with van der Waals surface area (Å²) in [6.45, 7) is 4.29. The van der Waals surface area contributed by atoms with Gasteiger partial charge in [-0.25, -0.2) is 4.98 Å². The summed E-state index contributed by atoms with van der Waals surface area (Å²) in [5, 5.41) is 0. The zero-order valence-corrected chi connectivity index (χ0v) is 15.9. The van der Waals surface area contributed by atoms with Crippen molar-refractivity contribution in [1.82, 2.24) is 9.97 Å². The van der Waals surface area contributed by atoms with E-state index in [1.165, 1.54) is 29.7 Å². The maximum absolute atomic E-state index is 13.3. The largest absolute Gasteiger partial charge is 0.370 e. The maximum Gasteiger partial charge on any atom is 0.255 e. The van der Waals surface area contributed by atoms with Crippen molar-refractivity contribution in [3.8, 4) is 11.3 Å². The Bertz CT molecular complexity index is 893. The molecule has 1 aromatic heterocycles. The van der Waals surface area contributed by atoms with Crippen LogP contribution in [0.25, 0.3) is 11.3 Å². The van der Waals surface area contributed by atoms with E-state index in [1.54, 1.807) is 0 Å². The van der Waals surface area contributed by atoms with Gasteiger partial charge >= 0.3 is 0 Å². The van der Waals surface area contributed by atoms with Crippen LogP contribution in [0.15, 0.2) is 29.1 Å². The molecule has 2 heterocycles. The molecule has 1 saturated heterocycles. The fraction of sp³-hybridized carbons (Fsp3) is 0.545. The molecular weight excluding hydrogens is 338 g/mol. The summed E-state index contributed by atoms with van der Waals surface area (Å²) < 4.78 is 5.46. The van der Waals surface area contributed by atoms with E-state index in [0.29, 0.717) is 0 Å². The molecule has 0 atom stereocenters. The first-order chi connectivity index (χ1) is 13.3. The van der Waals surface area contributed by atoms with Gasteiger partial charge < -0.3 is 14.6 Å². The van der Waals surface area contributed by atoms with Gasteiger partial charge in [-0.05, 0) is 24.8 Å². The van der Waals surface area contributed by atoms with E-state index in [-0.39, 0.29) is 11.0 Å². The third-order valence-corrected chi connectivity index (χ3v) is 6.73. The topological polar surface area (TPSA) is 59.4 Å². The number of aromatic nitrogens is 2. The number of H-pyrrole nitrogens is 1. The van der Waals surface area contributed by atoms with E-state index in [4.69, 9.17) is 9.72 Å². The van der Waals surface area contributed by atoms with Crippen LogP contribution >= 0.6 is 0 Å². The lowest BCUT2D eigenvalue weighted by Gasteiger charge is -2.41. The molecule has 5 rings (SSSR count). The second kappa shape index (κ2) is 6.88. The monoisotopic (exact) mass is 366 g/mol. The minimum Gasteiger partial charge on any atom is -0.370 e. The minimum atomic E-state index is -0.0210. The molecule has 142 valence electrons. The smallest absolute Gasteiger partial charge is 0.255 e. The van der Waals surface area contributed by atoms with Crippen LogP contribution < -0.4 is 10.5 Å². The molecule has 3 aliphatic rings. The van der Waals surface area contributed by atoms with Crippen molar-refractivity contribution in [1.29, 1.82) is 0 Å². The van der Waals surface area contributed by atoms with Crippen LogP contribution in [0.3, 0.4) is 0 Å². The van der Waals surface area contributed by atoms with E-state index in [9.17, 15) is 4.79 Å². The Morgan fingerprint density at radius 2 is 1.89 bits per heavy atom. The Balaban J connectivity index is 1.61. The van der Waals surface area contributed by atoms with E-state index >= 15 is 0 Å². The van der Waals surface area contributed by atoms with Gasteiger partial charge in [-0.3, -0.25) is 4.79 Å². The van der Waals surface area contributed by atoms with E-state index in [2.05, 4.69) is 29.2 Å². The van der Waals surface area contributed by atoms with Crippen LogP contribution in [-0.4, -0.2) is 36.3 Å². The highest BCUT2D eigenvalue weighted by Crippen LogP contribution is 2.48. The minimum absolute atomic E-state index is 0.0210. The predicted octanol–water partition coefficient (Wildman–Crippen LogP) is 1.61. The zero-order valence-electron chi connectivity index (χ0n) is 15.9. The van der Waals surface area contributed by atoms with Gasteiger partial charge in [-0.2, -0.15) is 0 Å². The third-order valence-electron chi connectivity index (χ3n) is 6.73. The van der Waals surface area contributed by atoms with Gasteiger partial charge in [0.05, 0.1) is 24.5 Å². The first-order valence-electron chi connectivity index (χ1n) is 10.4. The number of ether oxygens (including phenoxy) is 1. The van der Waals surface area contributed by atoms with Gasteiger partial charge in [0.1, 0.15) is 19.6 Å². The lowest BCUT2D eigenvalue weighted by molar-refractivity contribution is -0.922. The Labute approximate surface area is 159 Å². The SMILES string of the molecule is O=c1[nH]c(C[NH+]2CCOCC2)nc2c1C1(CCCCC1)Cc1ccccc1-2. The Morgan fingerprint density at radius 1 is 1.11 bits per heavy atom. The standard InChI is InChI=1S/C22H27N3O2/c26-21-19-20(23-18(24-21)15-25-10-12-27-13-11-25)17-7-3-2-6-16(17)14-22(19)8-4-1-5-9-22/h2-3,6-7H,1,4-5,8-15H2,(H,23,24,26)/p+1. The van der Waals surface area contributed by atoms with Crippen molar-refractivity contribution < 1.29 is 9.64 Å². The first-order valence-corrected chi connectivity index (χ1v) is 10.4. The normalized spacial score (nSPS) is 21.6. The molecule has 1 aliphatic heterocycles. The summed E-state index contributed by atoms with van der Waals surface area (Å²) in [7, 11) is 0. The number of rotatable bonds is 2. The quantitative estimate of drug-likeness (QED) is 0.849. The second-order valence-electron chi connectivity index (χ2n) is 8.45. The molecule has 0 unspecified atom stereocenters. The summed E-state index contributed by atoms with van der Waals surface area (Å²) in [5.41, 5.74) is 4.50. The molecule has 5 heteroatoms. The van der Waals surface area contributed by atoms with Crippen molar-refractivity contribution in [2.45, 2.75) is 50.5 Å². The van der Waals surface area contributed by atoms with Gasteiger partial charge in [0.25, 0.3) is 5.56 Å². The van der Waals surface area contributed by atoms with Crippen molar-refractivity contribution in [2.75, 3.05) is 26.3 Å². The Kier molecular flexibility index (Phi) is 4.37. The average Bonchev–Trinajstić information content (AvgIpc) is 2.69. The van der Waals surface area contributed by atoms with Gasteiger partial charge in [-0.1, -0.05) is 43.5 Å². The Morgan fingerprint density at radius 3 is 2.70 bits per heavy atom. The fourth-order valence-electron chi connectivity index (χ4n) is 5.38. The highest BCUT2D eigenvalue weighted by atomic mass is 16.5. The van der Waals surface area contributed by atoms with Crippen molar-refractivity contribution in [2.24, 2.45) is 0 Å². The fourth-order valence-corrected chi connectivity index (χ4v) is 5.38. The molecule has 5 nitrogen and oxygen atoms in total. The van der Waals surface area contributed by atoms with E-state index in [1.807, 2.05) is 0 Å². The van der Waals surface area contributed by atoms with Gasteiger partial charge in [0.2, 0.25) is 0 Å². The predicted molar refractivity (Wildman–Crippen MR) is 104 cm³/mol. The molecule has 1 aromatic carbocycles. The molecule has 2 N–H and O–H groups in total. The van der Waals surface area contributed by atoms with Crippen LogP contribution in [0.4, 0.5) is 0 Å². The van der Waals surface area contributed by atoms with Gasteiger partial charge in [0, 0.05) is 11.0 Å². The molecule has 1 spiro atoms. The number of morpholine rings is 1. The van der Waals surface area contributed by atoms with Crippen LogP contribution in [0.2, 0.25) is 0 Å². The summed E-state index contributed by atoms with van der Waals surface area (Å²) >= 11 is 0. The summed E-state index contributed by atoms with van der Waals surface area (Å²) in [5.74, 6) is 0.818. The number of hydrogen-bond donors (Lipinski definition) is 2. The molecule has 2 fully saturated rings. The lowest BCUT2D eigenvalue weighted by atomic mass is 9.62. The average molecular weight is 366 g/mol. The number of aromatic amines is 1. The molecule has 2 aliphatic carbocycles. The van der Waals surface area contributed by atoms with Crippen molar-refractivity contribution in [3.63, 3.8) is 0 Å². The first kappa shape index (κ1) is 17.1. The summed E-state index contributed by atoms with van der Waals surface area (Å²) in [4.78, 5) is 22.9. The number of benzene rings is 1. The van der Waals surface area contributed by atoms with Crippen molar-refractivity contribution in [3.05, 3.63) is 51.6 Å². The molecular formula is C22H28N3O2+. The number of hydrogen-bond acceptors (Lipinski definition) is 3. The molecule has 0 amide bonds. The van der Waals surface area contributed by atoms with Crippen molar-refractivity contribution >= 4 is 0 Å². The highest BCUT2D eigenvalue weighted by molar-refractivity contribution is 5.71. The summed E-state index contributed by atoms with van der Waals surface area (Å²) in [6, 6.07) is 8.55. The third kappa shape index (κ3) is 3.03. The number of nitrogens with one attached hydrogen (secondary N) is 2. The van der Waals surface area contributed by atoms with Crippen LogP contribution in [0.1, 0.15) is 49.1 Å². The molecule has 0 radical (unpaired) electrons. The van der Waals surface area contributed by atoms with Gasteiger partial charge in [0.15, 0.2) is 5.82 Å². The number of nitrogens with zero attached hydrogens (tertiary/aromatic N) is 1. The maximum atomic E-state index is 13.3.